The number of para-hydroxylation sites is 1. The molecule has 0 aliphatic carbocycles. The maximum atomic E-state index is 11.3. The van der Waals surface area contributed by atoms with Crippen LogP contribution >= 0.6 is 11.8 Å². The van der Waals surface area contributed by atoms with Crippen LogP contribution in [0.15, 0.2) is 53.7 Å². The van der Waals surface area contributed by atoms with Crippen LogP contribution in [0.5, 0.6) is 0 Å². The van der Waals surface area contributed by atoms with Gasteiger partial charge in [-0.25, -0.2) is 4.79 Å². The number of nitro groups is 1. The lowest BCUT2D eigenvalue weighted by Gasteiger charge is -2.08. The summed E-state index contributed by atoms with van der Waals surface area (Å²) in [4.78, 5) is 21.8. The first-order valence-corrected chi connectivity index (χ1v) is 9.11. The van der Waals surface area contributed by atoms with E-state index in [0.717, 1.165) is 5.56 Å². The van der Waals surface area contributed by atoms with E-state index >= 15 is 0 Å². The number of nitrogens with zero attached hydrogens (tertiary/aromatic N) is 4. The molecule has 0 atom stereocenters. The van der Waals surface area contributed by atoms with Crippen molar-refractivity contribution in [1.82, 2.24) is 14.8 Å². The lowest BCUT2D eigenvalue weighted by atomic mass is 10.1. The molecule has 0 saturated heterocycles. The van der Waals surface area contributed by atoms with Gasteiger partial charge in [0.1, 0.15) is 0 Å². The van der Waals surface area contributed by atoms with E-state index in [4.69, 9.17) is 5.11 Å². The van der Waals surface area contributed by atoms with Crippen LogP contribution in [0.1, 0.15) is 22.8 Å². The molecule has 8 nitrogen and oxygen atoms in total. The largest absolute Gasteiger partial charge is 0.478 e. The van der Waals surface area contributed by atoms with Crippen molar-refractivity contribution < 1.29 is 14.8 Å². The van der Waals surface area contributed by atoms with Crippen LogP contribution in [-0.4, -0.2) is 30.8 Å². The van der Waals surface area contributed by atoms with Crippen LogP contribution < -0.4 is 0 Å². The van der Waals surface area contributed by atoms with Gasteiger partial charge in [-0.15, -0.1) is 10.2 Å². The number of aromatic carboxylic acids is 1. The average molecular weight is 384 g/mol. The Morgan fingerprint density at radius 1 is 1.19 bits per heavy atom. The molecule has 9 heteroatoms. The third-order valence-corrected chi connectivity index (χ3v) is 4.98. The Balaban J connectivity index is 1.84. The fraction of sp³-hybridized carbons (Fsp3) is 0.167. The van der Waals surface area contributed by atoms with E-state index in [9.17, 15) is 14.9 Å². The van der Waals surface area contributed by atoms with Crippen molar-refractivity contribution in [1.29, 1.82) is 0 Å². The number of benzene rings is 2. The summed E-state index contributed by atoms with van der Waals surface area (Å²) in [6.45, 7) is 2.49. The van der Waals surface area contributed by atoms with Gasteiger partial charge in [-0.3, -0.25) is 10.1 Å². The third-order valence-electron chi connectivity index (χ3n) is 3.94. The predicted octanol–water partition coefficient (Wildman–Crippen LogP) is 3.86. The van der Waals surface area contributed by atoms with Crippen LogP contribution in [0.4, 0.5) is 5.69 Å². The van der Waals surface area contributed by atoms with Crippen LogP contribution in [0.2, 0.25) is 0 Å². The molecule has 0 aliphatic heterocycles. The molecule has 0 unspecified atom stereocenters. The first kappa shape index (κ1) is 18.6. The van der Waals surface area contributed by atoms with Crippen LogP contribution in [0.25, 0.3) is 11.4 Å². The summed E-state index contributed by atoms with van der Waals surface area (Å²) in [6.07, 6.45) is 0. The second-order valence-electron chi connectivity index (χ2n) is 5.62. The quantitative estimate of drug-likeness (QED) is 0.374. The standard InChI is InChI=1S/C18H16N4O4S/c1-2-21-16(14-5-3-4-6-15(14)22(25)26)19-20-18(21)27-11-12-7-9-13(10-8-12)17(23)24/h3-10H,2,11H2,1H3,(H,23,24). The van der Waals surface area contributed by atoms with Crippen molar-refractivity contribution >= 4 is 23.4 Å². The van der Waals surface area contributed by atoms with Gasteiger partial charge in [-0.1, -0.05) is 36.0 Å². The van der Waals surface area contributed by atoms with Crippen molar-refractivity contribution in [3.63, 3.8) is 0 Å². The molecular weight excluding hydrogens is 368 g/mol. The van der Waals surface area contributed by atoms with Crippen molar-refractivity contribution in [2.75, 3.05) is 0 Å². The maximum absolute atomic E-state index is 11.3. The van der Waals surface area contributed by atoms with Crippen LogP contribution in [0.3, 0.4) is 0 Å². The Labute approximate surface area is 159 Å². The lowest BCUT2D eigenvalue weighted by Crippen LogP contribution is -2.02. The second-order valence-corrected chi connectivity index (χ2v) is 6.56. The van der Waals surface area contributed by atoms with E-state index in [1.807, 2.05) is 11.5 Å². The topological polar surface area (TPSA) is 111 Å². The molecule has 0 fully saturated rings. The molecule has 0 amide bonds. The normalized spacial score (nSPS) is 10.7. The third kappa shape index (κ3) is 3.98. The molecule has 27 heavy (non-hydrogen) atoms. The number of aromatic nitrogens is 3. The molecule has 0 radical (unpaired) electrons. The fourth-order valence-corrected chi connectivity index (χ4v) is 3.55. The highest BCUT2D eigenvalue weighted by Gasteiger charge is 2.21. The molecule has 3 rings (SSSR count). The van der Waals surface area contributed by atoms with E-state index in [1.165, 1.54) is 17.8 Å². The van der Waals surface area contributed by atoms with Crippen molar-refractivity contribution in [3.05, 3.63) is 69.8 Å². The average Bonchev–Trinajstić information content (AvgIpc) is 3.09. The van der Waals surface area contributed by atoms with Gasteiger partial charge in [-0.2, -0.15) is 0 Å². The minimum atomic E-state index is -0.964. The molecule has 0 bridgehead atoms. The Kier molecular flexibility index (Phi) is 5.51. The van der Waals surface area contributed by atoms with Crippen molar-refractivity contribution in [2.45, 2.75) is 24.4 Å². The zero-order valence-electron chi connectivity index (χ0n) is 14.4. The zero-order valence-corrected chi connectivity index (χ0v) is 15.2. The molecule has 3 aromatic rings. The lowest BCUT2D eigenvalue weighted by molar-refractivity contribution is -0.384. The Bertz CT molecular complexity index is 985. The SMILES string of the molecule is CCn1c(SCc2ccc(C(=O)O)cc2)nnc1-c1ccccc1[N+](=O)[O-]. The summed E-state index contributed by atoms with van der Waals surface area (Å²) in [5.41, 5.74) is 1.59. The summed E-state index contributed by atoms with van der Waals surface area (Å²) in [6, 6.07) is 13.1. The van der Waals surface area contributed by atoms with Gasteiger partial charge in [0.25, 0.3) is 5.69 Å². The number of hydrogen-bond donors (Lipinski definition) is 1. The summed E-state index contributed by atoms with van der Waals surface area (Å²) in [7, 11) is 0. The number of rotatable bonds is 7. The minimum Gasteiger partial charge on any atom is -0.478 e. The Hall–Kier alpha value is -3.20. The molecule has 1 aromatic heterocycles. The smallest absolute Gasteiger partial charge is 0.335 e. The van der Waals surface area contributed by atoms with E-state index < -0.39 is 10.9 Å². The Morgan fingerprint density at radius 3 is 2.52 bits per heavy atom. The summed E-state index contributed by atoms with van der Waals surface area (Å²) in [5.74, 6) is 0.0668. The van der Waals surface area contributed by atoms with Gasteiger partial charge in [0.15, 0.2) is 11.0 Å². The zero-order chi connectivity index (χ0) is 19.4. The van der Waals surface area contributed by atoms with E-state index in [-0.39, 0.29) is 11.3 Å². The van der Waals surface area contributed by atoms with Gasteiger partial charge in [0.2, 0.25) is 0 Å². The highest BCUT2D eigenvalue weighted by Crippen LogP contribution is 2.31. The summed E-state index contributed by atoms with van der Waals surface area (Å²) in [5, 5.41) is 29.2. The highest BCUT2D eigenvalue weighted by molar-refractivity contribution is 7.98. The number of thioether (sulfide) groups is 1. The number of carboxylic acid groups (broad SMARTS) is 1. The molecule has 1 N–H and O–H groups in total. The number of hydrogen-bond acceptors (Lipinski definition) is 6. The van der Waals surface area contributed by atoms with Crippen LogP contribution in [-0.2, 0) is 12.3 Å². The molecule has 0 saturated carbocycles. The van der Waals surface area contributed by atoms with Gasteiger partial charge in [0.05, 0.1) is 16.1 Å². The number of carboxylic acids is 1. The number of carbonyl (C=O) groups is 1. The minimum absolute atomic E-state index is 0.0135. The van der Waals surface area contributed by atoms with Gasteiger partial charge in [0, 0.05) is 18.4 Å². The fourth-order valence-electron chi connectivity index (χ4n) is 2.59. The second kappa shape index (κ2) is 8.00. The first-order chi connectivity index (χ1) is 13.0. The predicted molar refractivity (Wildman–Crippen MR) is 101 cm³/mol. The van der Waals surface area contributed by atoms with Crippen LogP contribution in [0, 0.1) is 10.1 Å². The first-order valence-electron chi connectivity index (χ1n) is 8.13. The Morgan fingerprint density at radius 2 is 1.89 bits per heavy atom. The number of nitro benzene ring substituents is 1. The monoisotopic (exact) mass is 384 g/mol. The maximum Gasteiger partial charge on any atom is 0.335 e. The molecule has 0 aliphatic rings. The summed E-state index contributed by atoms with van der Waals surface area (Å²) >= 11 is 1.44. The van der Waals surface area contributed by atoms with Crippen molar-refractivity contribution in [3.8, 4) is 11.4 Å². The van der Waals surface area contributed by atoms with E-state index in [2.05, 4.69) is 10.2 Å². The van der Waals surface area contributed by atoms with E-state index in [0.29, 0.717) is 28.8 Å². The highest BCUT2D eigenvalue weighted by atomic mass is 32.2. The molecule has 0 spiro atoms. The molecule has 2 aromatic carbocycles. The van der Waals surface area contributed by atoms with Crippen molar-refractivity contribution in [2.24, 2.45) is 0 Å². The summed E-state index contributed by atoms with van der Waals surface area (Å²) < 4.78 is 1.83. The molecular formula is C18H16N4O4S. The molecule has 138 valence electrons. The molecule has 1 heterocycles. The van der Waals surface area contributed by atoms with Gasteiger partial charge < -0.3 is 9.67 Å². The van der Waals surface area contributed by atoms with E-state index in [1.54, 1.807) is 42.5 Å². The van der Waals surface area contributed by atoms with Gasteiger partial charge >= 0.3 is 5.97 Å². The van der Waals surface area contributed by atoms with Gasteiger partial charge in [-0.05, 0) is 30.7 Å².